The molecule has 214 valence electrons. The first-order valence-electron chi connectivity index (χ1n) is 13.2. The molecule has 1 amide bonds. The van der Waals surface area contributed by atoms with Crippen molar-refractivity contribution in [3.63, 3.8) is 0 Å². The van der Waals surface area contributed by atoms with Crippen LogP contribution in [0.1, 0.15) is 49.7 Å². The van der Waals surface area contributed by atoms with Gasteiger partial charge in [-0.05, 0) is 12.1 Å². The Morgan fingerprint density at radius 3 is 2.67 bits per heavy atom. The summed E-state index contributed by atoms with van der Waals surface area (Å²) in [6.07, 6.45) is 1.05. The predicted octanol–water partition coefficient (Wildman–Crippen LogP) is 2.40. The molecule has 2 aliphatic heterocycles. The van der Waals surface area contributed by atoms with Crippen molar-refractivity contribution in [2.45, 2.75) is 57.3 Å². The van der Waals surface area contributed by atoms with E-state index < -0.39 is 35.8 Å². The number of methoxy groups -OCH3 is 1. The SMILES string of the molecule is COC1(O[C@H]2C[C@H](n3cnc4c(=O)[nH]c(NC(=O)C(C)C)nc43)O[C@@H]2COC(=O)c2ccccc2)CCOCC1. The molecule has 2 N–H and O–H groups in total. The van der Waals surface area contributed by atoms with Gasteiger partial charge in [-0.1, -0.05) is 32.0 Å². The van der Waals surface area contributed by atoms with Crippen molar-refractivity contribution in [3.05, 3.63) is 52.6 Å². The van der Waals surface area contributed by atoms with E-state index in [4.69, 9.17) is 23.7 Å². The third-order valence-corrected chi connectivity index (χ3v) is 7.07. The molecule has 4 heterocycles. The first-order chi connectivity index (χ1) is 19.3. The van der Waals surface area contributed by atoms with Gasteiger partial charge in [-0.2, -0.15) is 4.98 Å². The second-order valence-electron chi connectivity index (χ2n) is 10.1. The van der Waals surface area contributed by atoms with Gasteiger partial charge in [0.1, 0.15) is 18.9 Å². The molecule has 0 radical (unpaired) electrons. The Hall–Kier alpha value is -3.65. The molecular formula is C27H33N5O8. The molecule has 2 aromatic heterocycles. The van der Waals surface area contributed by atoms with Crippen molar-refractivity contribution in [2.24, 2.45) is 5.92 Å². The van der Waals surface area contributed by atoms with Gasteiger partial charge in [-0.3, -0.25) is 24.5 Å². The third kappa shape index (κ3) is 5.92. The van der Waals surface area contributed by atoms with Crippen LogP contribution in [0.25, 0.3) is 11.2 Å². The topological polar surface area (TPSA) is 156 Å². The summed E-state index contributed by atoms with van der Waals surface area (Å²) in [7, 11) is 1.59. The Morgan fingerprint density at radius 2 is 1.98 bits per heavy atom. The number of H-pyrrole nitrogens is 1. The van der Waals surface area contributed by atoms with Gasteiger partial charge in [0, 0.05) is 32.3 Å². The third-order valence-electron chi connectivity index (χ3n) is 7.07. The van der Waals surface area contributed by atoms with Gasteiger partial charge in [0.25, 0.3) is 5.56 Å². The van der Waals surface area contributed by atoms with Crippen LogP contribution in [0.4, 0.5) is 5.95 Å². The Balaban J connectivity index is 1.40. The fourth-order valence-electron chi connectivity index (χ4n) is 4.75. The summed E-state index contributed by atoms with van der Waals surface area (Å²) in [6, 6.07) is 8.68. The van der Waals surface area contributed by atoms with E-state index >= 15 is 0 Å². The monoisotopic (exact) mass is 555 g/mol. The lowest BCUT2D eigenvalue weighted by Gasteiger charge is -2.38. The molecule has 2 aliphatic rings. The van der Waals surface area contributed by atoms with Crippen LogP contribution in [0, 0.1) is 5.92 Å². The van der Waals surface area contributed by atoms with Gasteiger partial charge in [0.15, 0.2) is 17.0 Å². The molecule has 2 fully saturated rings. The number of aromatic nitrogens is 4. The van der Waals surface area contributed by atoms with Crippen LogP contribution < -0.4 is 10.9 Å². The minimum Gasteiger partial charge on any atom is -0.459 e. The molecule has 0 unspecified atom stereocenters. The Bertz CT molecular complexity index is 1400. The molecule has 5 rings (SSSR count). The molecule has 3 aromatic rings. The Morgan fingerprint density at radius 1 is 1.23 bits per heavy atom. The highest BCUT2D eigenvalue weighted by molar-refractivity contribution is 5.91. The number of ether oxygens (including phenoxy) is 5. The Labute approximate surface area is 230 Å². The number of aromatic amines is 1. The maximum atomic E-state index is 12.7. The Kier molecular flexibility index (Phi) is 8.26. The minimum absolute atomic E-state index is 0.0117. The summed E-state index contributed by atoms with van der Waals surface area (Å²) in [4.78, 5) is 48.8. The van der Waals surface area contributed by atoms with E-state index in [-0.39, 0.29) is 35.5 Å². The van der Waals surface area contributed by atoms with E-state index in [9.17, 15) is 14.4 Å². The fourth-order valence-corrected chi connectivity index (χ4v) is 4.75. The van der Waals surface area contributed by atoms with Gasteiger partial charge in [-0.25, -0.2) is 9.78 Å². The zero-order valence-electron chi connectivity index (χ0n) is 22.6. The number of carbonyl (C=O) groups is 2. The summed E-state index contributed by atoms with van der Waals surface area (Å²) >= 11 is 0. The first-order valence-corrected chi connectivity index (χ1v) is 13.2. The lowest BCUT2D eigenvalue weighted by Crippen LogP contribution is -2.46. The molecule has 0 saturated carbocycles. The van der Waals surface area contributed by atoms with Gasteiger partial charge < -0.3 is 23.7 Å². The molecule has 13 nitrogen and oxygen atoms in total. The number of fused-ring (bicyclic) bond motifs is 1. The summed E-state index contributed by atoms with van der Waals surface area (Å²) in [5.74, 6) is -1.94. The highest BCUT2D eigenvalue weighted by Gasteiger charge is 2.45. The molecule has 0 bridgehead atoms. The number of anilines is 1. The van der Waals surface area contributed by atoms with Crippen LogP contribution in [0.15, 0.2) is 41.5 Å². The highest BCUT2D eigenvalue weighted by Crippen LogP contribution is 2.37. The van der Waals surface area contributed by atoms with E-state index in [1.807, 2.05) is 6.07 Å². The normalized spacial score (nSPS) is 22.4. The average molecular weight is 556 g/mol. The van der Waals surface area contributed by atoms with Gasteiger partial charge in [-0.15, -0.1) is 0 Å². The van der Waals surface area contributed by atoms with Gasteiger partial charge in [0.2, 0.25) is 11.9 Å². The zero-order valence-corrected chi connectivity index (χ0v) is 22.6. The van der Waals surface area contributed by atoms with E-state index in [0.717, 1.165) is 0 Å². The number of esters is 1. The molecule has 0 aliphatic carbocycles. The maximum absolute atomic E-state index is 12.7. The van der Waals surface area contributed by atoms with Crippen molar-refractivity contribution < 1.29 is 33.3 Å². The smallest absolute Gasteiger partial charge is 0.338 e. The second-order valence-corrected chi connectivity index (χ2v) is 10.1. The summed E-state index contributed by atoms with van der Waals surface area (Å²) < 4.78 is 31.3. The number of nitrogens with one attached hydrogen (secondary N) is 2. The van der Waals surface area contributed by atoms with Crippen LogP contribution in [0.5, 0.6) is 0 Å². The van der Waals surface area contributed by atoms with Crippen molar-refractivity contribution in [1.82, 2.24) is 19.5 Å². The van der Waals surface area contributed by atoms with E-state index in [1.165, 1.54) is 6.33 Å². The number of rotatable bonds is 9. The molecular weight excluding hydrogens is 522 g/mol. The van der Waals surface area contributed by atoms with E-state index in [2.05, 4.69) is 20.3 Å². The summed E-state index contributed by atoms with van der Waals surface area (Å²) in [6.45, 7) is 4.38. The van der Waals surface area contributed by atoms with Gasteiger partial charge >= 0.3 is 5.97 Å². The van der Waals surface area contributed by atoms with Crippen molar-refractivity contribution in [3.8, 4) is 0 Å². The molecule has 1 aromatic carbocycles. The zero-order chi connectivity index (χ0) is 28.3. The number of carbonyl (C=O) groups excluding carboxylic acids is 2. The van der Waals surface area contributed by atoms with Crippen LogP contribution in [0.3, 0.4) is 0 Å². The quantitative estimate of drug-likeness (QED) is 0.297. The number of benzene rings is 1. The van der Waals surface area contributed by atoms with Crippen molar-refractivity contribution in [1.29, 1.82) is 0 Å². The second kappa shape index (κ2) is 11.8. The first kappa shape index (κ1) is 27.9. The molecule has 3 atom stereocenters. The summed E-state index contributed by atoms with van der Waals surface area (Å²) in [5.41, 5.74) is 0.260. The van der Waals surface area contributed by atoms with Crippen LogP contribution >= 0.6 is 0 Å². The van der Waals surface area contributed by atoms with Crippen LogP contribution in [-0.2, 0) is 28.5 Å². The van der Waals surface area contributed by atoms with Gasteiger partial charge in [0.05, 0.1) is 31.2 Å². The van der Waals surface area contributed by atoms with E-state index in [0.29, 0.717) is 38.0 Å². The highest BCUT2D eigenvalue weighted by atomic mass is 16.7. The molecule has 13 heteroatoms. The summed E-state index contributed by atoms with van der Waals surface area (Å²) in [5, 5.41) is 2.62. The average Bonchev–Trinajstić information content (AvgIpc) is 3.56. The molecule has 0 spiro atoms. The minimum atomic E-state index is -0.871. The number of hydrogen-bond donors (Lipinski definition) is 2. The lowest BCUT2D eigenvalue weighted by atomic mass is 10.1. The number of amides is 1. The van der Waals surface area contributed by atoms with Crippen molar-refractivity contribution >= 4 is 29.0 Å². The predicted molar refractivity (Wildman–Crippen MR) is 142 cm³/mol. The van der Waals surface area contributed by atoms with Crippen LogP contribution in [0.2, 0.25) is 0 Å². The number of nitrogens with zero attached hydrogens (tertiary/aromatic N) is 3. The largest absolute Gasteiger partial charge is 0.459 e. The maximum Gasteiger partial charge on any atom is 0.338 e. The number of hydrogen-bond acceptors (Lipinski definition) is 10. The molecule has 2 saturated heterocycles. The molecule has 40 heavy (non-hydrogen) atoms. The fraction of sp³-hybridized carbons (Fsp3) is 0.519. The van der Waals surface area contributed by atoms with Crippen LogP contribution in [-0.4, -0.2) is 76.3 Å². The van der Waals surface area contributed by atoms with Crippen molar-refractivity contribution in [2.75, 3.05) is 32.2 Å². The standard InChI is InChI=1S/C27H33N5O8/c1-16(2)23(33)30-26-29-22-21(24(34)31-26)28-15-32(22)20-13-18(40-27(36-3)9-11-37-12-10-27)19(39-20)14-38-25(35)17-7-5-4-6-8-17/h4-8,15-16,18-20H,9-14H2,1-3H3,(H2,29,30,31,33,34)/t18-,19+,20+/m0/s1. The number of imidazole rings is 1. The van der Waals surface area contributed by atoms with E-state index in [1.54, 1.807) is 49.8 Å². The lowest BCUT2D eigenvalue weighted by molar-refractivity contribution is -0.281.